The molecule has 0 spiro atoms. The number of amides is 4. The van der Waals surface area contributed by atoms with Crippen molar-refractivity contribution in [2.45, 2.75) is 110 Å². The molecule has 272 valence electrons. The van der Waals surface area contributed by atoms with E-state index in [2.05, 4.69) is 16.0 Å². The summed E-state index contributed by atoms with van der Waals surface area (Å²) in [5.41, 5.74) is 8.87. The lowest BCUT2D eigenvalue weighted by molar-refractivity contribution is -0.122. The number of benzene rings is 2. The zero-order chi connectivity index (χ0) is 36.0. The van der Waals surface area contributed by atoms with Gasteiger partial charge in [-0.05, 0) is 100.0 Å². The maximum atomic E-state index is 12.7. The standard InChI is InChI=1S/C38H58N4O7/c1-4-49-28(3)16-17-29(24-37(46)42-33-13-6-5-7-14-33)11-10-15-35(44)40-22-9-8-12-31-20-18-30(19-21-34(39)43)23-32(31)25-36(45)41-26-27(2)38(47)48/h5-7,13-14,18,20,23,27-29,38,47-48H,4,8-12,15-17,19,21-22,24-26H2,1-3H3,(H2,39,43)(H,40,44)(H,41,45)(H,42,46). The summed E-state index contributed by atoms with van der Waals surface area (Å²) in [4.78, 5) is 49.3. The number of hydrogen-bond donors (Lipinski definition) is 6. The van der Waals surface area contributed by atoms with E-state index in [0.29, 0.717) is 45.3 Å². The van der Waals surface area contributed by atoms with E-state index >= 15 is 0 Å². The van der Waals surface area contributed by atoms with Crippen LogP contribution in [0.3, 0.4) is 0 Å². The van der Waals surface area contributed by atoms with Crippen LogP contribution in [0.5, 0.6) is 0 Å². The molecule has 0 radical (unpaired) electrons. The Morgan fingerprint density at radius 2 is 1.57 bits per heavy atom. The zero-order valence-corrected chi connectivity index (χ0v) is 29.5. The number of anilines is 1. The van der Waals surface area contributed by atoms with Gasteiger partial charge in [0.1, 0.15) is 0 Å². The number of nitrogens with one attached hydrogen (secondary N) is 3. The quantitative estimate of drug-likeness (QED) is 0.0672. The maximum Gasteiger partial charge on any atom is 0.224 e. The second-order valence-electron chi connectivity index (χ2n) is 13.0. The molecule has 4 amide bonds. The molecule has 11 heteroatoms. The van der Waals surface area contributed by atoms with Gasteiger partial charge >= 0.3 is 0 Å². The van der Waals surface area contributed by atoms with Crippen molar-refractivity contribution in [3.05, 3.63) is 65.2 Å². The molecule has 2 rings (SSSR count). The van der Waals surface area contributed by atoms with Crippen LogP contribution in [-0.2, 0) is 43.2 Å². The smallest absolute Gasteiger partial charge is 0.224 e. The first kappa shape index (κ1) is 41.4. The minimum Gasteiger partial charge on any atom is -0.379 e. The lowest BCUT2D eigenvalue weighted by Crippen LogP contribution is -2.34. The first-order chi connectivity index (χ1) is 23.5. The molecule has 3 unspecified atom stereocenters. The molecule has 2 aromatic rings. The van der Waals surface area contributed by atoms with Crippen molar-refractivity contribution in [3.8, 4) is 0 Å². The van der Waals surface area contributed by atoms with Gasteiger partial charge in [-0.15, -0.1) is 0 Å². The van der Waals surface area contributed by atoms with Crippen LogP contribution in [0.1, 0.15) is 95.2 Å². The van der Waals surface area contributed by atoms with E-state index in [0.717, 1.165) is 54.5 Å². The number of aliphatic hydroxyl groups excluding tert-OH is 1. The molecule has 0 saturated heterocycles. The fraction of sp³-hybridized carbons (Fsp3) is 0.579. The maximum absolute atomic E-state index is 12.7. The third-order valence-corrected chi connectivity index (χ3v) is 8.59. The van der Waals surface area contributed by atoms with Gasteiger partial charge in [-0.25, -0.2) is 0 Å². The van der Waals surface area contributed by atoms with Crippen LogP contribution in [0.4, 0.5) is 5.69 Å². The van der Waals surface area contributed by atoms with Crippen LogP contribution in [0.25, 0.3) is 0 Å². The largest absolute Gasteiger partial charge is 0.379 e. The van der Waals surface area contributed by atoms with Crippen molar-refractivity contribution in [2.24, 2.45) is 17.6 Å². The summed E-state index contributed by atoms with van der Waals surface area (Å²) < 4.78 is 5.69. The predicted molar refractivity (Wildman–Crippen MR) is 191 cm³/mol. The van der Waals surface area contributed by atoms with E-state index in [1.807, 2.05) is 62.4 Å². The van der Waals surface area contributed by atoms with E-state index in [9.17, 15) is 29.4 Å². The van der Waals surface area contributed by atoms with Crippen molar-refractivity contribution in [1.82, 2.24) is 10.6 Å². The summed E-state index contributed by atoms with van der Waals surface area (Å²) in [6.45, 7) is 7.00. The van der Waals surface area contributed by atoms with Crippen molar-refractivity contribution >= 4 is 29.3 Å². The number of carbonyl (C=O) groups is 4. The Morgan fingerprint density at radius 3 is 2.27 bits per heavy atom. The van der Waals surface area contributed by atoms with Gasteiger partial charge < -0.3 is 36.6 Å². The number of unbranched alkanes of at least 4 members (excludes halogenated alkanes) is 1. The van der Waals surface area contributed by atoms with Gasteiger partial charge in [0, 0.05) is 50.6 Å². The molecule has 3 atom stereocenters. The normalized spacial score (nSPS) is 13.0. The zero-order valence-electron chi connectivity index (χ0n) is 29.5. The SMILES string of the molecule is CCOC(C)CCC(CCCC(=O)NCCCCc1ccc(CCC(N)=O)cc1CC(=O)NCC(C)C(O)O)CC(=O)Nc1ccccc1. The predicted octanol–water partition coefficient (Wildman–Crippen LogP) is 4.17. The number of para-hydroxylation sites is 1. The molecule has 0 aliphatic carbocycles. The van der Waals surface area contributed by atoms with Crippen molar-refractivity contribution in [1.29, 1.82) is 0 Å². The minimum atomic E-state index is -1.51. The van der Waals surface area contributed by atoms with Crippen LogP contribution in [0, 0.1) is 11.8 Å². The van der Waals surface area contributed by atoms with Gasteiger partial charge in [0.15, 0.2) is 6.29 Å². The lowest BCUT2D eigenvalue weighted by atomic mass is 9.91. The third-order valence-electron chi connectivity index (χ3n) is 8.59. The molecule has 11 nitrogen and oxygen atoms in total. The van der Waals surface area contributed by atoms with Crippen LogP contribution in [-0.4, -0.2) is 65.9 Å². The Balaban J connectivity index is 1.82. The van der Waals surface area contributed by atoms with Gasteiger partial charge in [-0.1, -0.05) is 43.3 Å². The van der Waals surface area contributed by atoms with Gasteiger partial charge in [-0.2, -0.15) is 0 Å². The molecule has 0 saturated carbocycles. The lowest BCUT2D eigenvalue weighted by Gasteiger charge is -2.19. The van der Waals surface area contributed by atoms with E-state index in [4.69, 9.17) is 10.5 Å². The van der Waals surface area contributed by atoms with Crippen LogP contribution >= 0.6 is 0 Å². The molecular formula is C38H58N4O7. The summed E-state index contributed by atoms with van der Waals surface area (Å²) in [6, 6.07) is 15.3. The van der Waals surface area contributed by atoms with Crippen LogP contribution in [0.15, 0.2) is 48.5 Å². The second-order valence-corrected chi connectivity index (χ2v) is 13.0. The molecule has 49 heavy (non-hydrogen) atoms. The molecule has 2 aromatic carbocycles. The molecule has 0 fully saturated rings. The number of ether oxygens (including phenoxy) is 1. The molecule has 0 aromatic heterocycles. The first-order valence-corrected chi connectivity index (χ1v) is 17.7. The molecule has 0 heterocycles. The van der Waals surface area contributed by atoms with Gasteiger partial charge in [0.2, 0.25) is 23.6 Å². The summed E-state index contributed by atoms with van der Waals surface area (Å²) in [7, 11) is 0. The summed E-state index contributed by atoms with van der Waals surface area (Å²) in [5, 5.41) is 27.3. The average molecular weight is 683 g/mol. The minimum absolute atomic E-state index is 0.00596. The number of carbonyl (C=O) groups excluding carboxylic acids is 4. The Morgan fingerprint density at radius 1 is 0.816 bits per heavy atom. The topological polar surface area (TPSA) is 180 Å². The van der Waals surface area contributed by atoms with Crippen molar-refractivity contribution in [3.63, 3.8) is 0 Å². The second kappa shape index (κ2) is 23.5. The van der Waals surface area contributed by atoms with Crippen molar-refractivity contribution in [2.75, 3.05) is 25.0 Å². The number of aliphatic hydroxyl groups is 2. The highest BCUT2D eigenvalue weighted by molar-refractivity contribution is 5.90. The molecule has 7 N–H and O–H groups in total. The Labute approximate surface area is 291 Å². The Kier molecular flexibility index (Phi) is 19.9. The monoisotopic (exact) mass is 682 g/mol. The highest BCUT2D eigenvalue weighted by Crippen LogP contribution is 2.22. The number of primary amides is 1. The van der Waals surface area contributed by atoms with E-state index in [1.54, 1.807) is 6.92 Å². The summed E-state index contributed by atoms with van der Waals surface area (Å²) in [5.74, 6) is -0.986. The molecule has 0 bridgehead atoms. The number of hydrogen-bond acceptors (Lipinski definition) is 7. The van der Waals surface area contributed by atoms with E-state index < -0.39 is 12.2 Å². The highest BCUT2D eigenvalue weighted by atomic mass is 16.5. The van der Waals surface area contributed by atoms with Gasteiger partial charge in [0.05, 0.1) is 12.5 Å². The third kappa shape index (κ3) is 18.5. The van der Waals surface area contributed by atoms with Gasteiger partial charge in [-0.3, -0.25) is 19.2 Å². The van der Waals surface area contributed by atoms with E-state index in [1.165, 1.54) is 0 Å². The number of rotatable bonds is 25. The van der Waals surface area contributed by atoms with Gasteiger partial charge in [0.25, 0.3) is 0 Å². The molecule has 0 aliphatic heterocycles. The van der Waals surface area contributed by atoms with Crippen LogP contribution < -0.4 is 21.7 Å². The Hall–Kier alpha value is -3.80. The first-order valence-electron chi connectivity index (χ1n) is 17.7. The number of nitrogens with two attached hydrogens (primary N) is 1. The molecular weight excluding hydrogens is 624 g/mol. The summed E-state index contributed by atoms with van der Waals surface area (Å²) in [6.07, 6.45) is 5.71. The Bertz CT molecular complexity index is 1290. The van der Waals surface area contributed by atoms with Crippen molar-refractivity contribution < 1.29 is 34.1 Å². The fourth-order valence-corrected chi connectivity index (χ4v) is 5.62. The summed E-state index contributed by atoms with van der Waals surface area (Å²) >= 11 is 0. The fourth-order valence-electron chi connectivity index (χ4n) is 5.62. The highest BCUT2D eigenvalue weighted by Gasteiger charge is 2.17. The van der Waals surface area contributed by atoms with E-state index in [-0.39, 0.29) is 55.0 Å². The number of aryl methyl sites for hydroxylation is 2. The van der Waals surface area contributed by atoms with Crippen LogP contribution in [0.2, 0.25) is 0 Å². The molecule has 0 aliphatic rings. The average Bonchev–Trinajstić information content (AvgIpc) is 3.06.